The highest BCUT2D eigenvalue weighted by Crippen LogP contribution is 2.23. The van der Waals surface area contributed by atoms with E-state index in [1.54, 1.807) is 42.5 Å². The molecule has 0 aliphatic heterocycles. The van der Waals surface area contributed by atoms with Crippen molar-refractivity contribution in [2.45, 2.75) is 19.4 Å². The smallest absolute Gasteiger partial charge is 0.326 e. The van der Waals surface area contributed by atoms with Gasteiger partial charge in [-0.25, -0.2) is 0 Å². The second-order valence-electron chi connectivity index (χ2n) is 7.73. The summed E-state index contributed by atoms with van der Waals surface area (Å²) in [6.07, 6.45) is -0.991. The molecule has 3 aromatic carbocycles. The fraction of sp³-hybridized carbons (Fsp3) is 0.185. The molecule has 174 valence electrons. The molecule has 0 fully saturated rings. The highest BCUT2D eigenvalue weighted by molar-refractivity contribution is 6.01. The number of aryl methyl sites for hydroxylation is 1. The molecule has 7 heteroatoms. The van der Waals surface area contributed by atoms with Gasteiger partial charge < -0.3 is 15.4 Å². The van der Waals surface area contributed by atoms with Crippen molar-refractivity contribution in [2.75, 3.05) is 13.1 Å². The first-order valence-electron chi connectivity index (χ1n) is 10.8. The van der Waals surface area contributed by atoms with E-state index in [-0.39, 0.29) is 24.7 Å². The van der Waals surface area contributed by atoms with Crippen LogP contribution >= 0.6 is 0 Å². The second kappa shape index (κ2) is 12.1. The molecule has 3 aromatic rings. The third-order valence-corrected chi connectivity index (χ3v) is 5.01. The number of hydrogen-bond acceptors (Lipinski definition) is 5. The normalized spacial score (nSPS) is 11.2. The van der Waals surface area contributed by atoms with Gasteiger partial charge in [-0.1, -0.05) is 90.5 Å². The summed E-state index contributed by atoms with van der Waals surface area (Å²) in [4.78, 5) is 49.5. The number of ketones is 1. The van der Waals surface area contributed by atoms with Gasteiger partial charge in [0.2, 0.25) is 17.6 Å². The monoisotopic (exact) mass is 458 g/mol. The molecule has 0 aromatic heterocycles. The highest BCUT2D eigenvalue weighted by Gasteiger charge is 2.26. The molecule has 1 atom stereocenters. The van der Waals surface area contributed by atoms with Crippen molar-refractivity contribution in [3.63, 3.8) is 0 Å². The van der Waals surface area contributed by atoms with Crippen molar-refractivity contribution in [1.82, 2.24) is 10.6 Å². The first-order chi connectivity index (χ1) is 16.4. The van der Waals surface area contributed by atoms with Crippen molar-refractivity contribution >= 4 is 23.6 Å². The highest BCUT2D eigenvalue weighted by atomic mass is 16.5. The lowest BCUT2D eigenvalue weighted by molar-refractivity contribution is -0.147. The number of hydrogen-bond donors (Lipinski definition) is 2. The molecule has 0 saturated carbocycles. The van der Waals surface area contributed by atoms with E-state index in [4.69, 9.17) is 4.74 Å². The number of amides is 2. The van der Waals surface area contributed by atoms with Crippen LogP contribution in [0, 0.1) is 6.92 Å². The summed E-state index contributed by atoms with van der Waals surface area (Å²) in [6, 6.07) is 24.8. The maximum Gasteiger partial charge on any atom is 0.326 e. The van der Waals surface area contributed by atoms with E-state index in [0.29, 0.717) is 11.1 Å². The molecule has 7 nitrogen and oxygen atoms in total. The molecule has 0 aliphatic carbocycles. The summed E-state index contributed by atoms with van der Waals surface area (Å²) >= 11 is 0. The average molecular weight is 459 g/mol. The SMILES string of the molecule is Cc1ccc(C(=O)[C@@H](OC(=O)CNC(=O)CNC(=O)Cc2ccccc2)c2ccccc2)cc1. The Kier molecular flexibility index (Phi) is 8.68. The van der Waals surface area contributed by atoms with Gasteiger partial charge in [-0.2, -0.15) is 0 Å². The molecule has 0 heterocycles. The molecule has 0 spiro atoms. The van der Waals surface area contributed by atoms with Gasteiger partial charge in [0, 0.05) is 11.1 Å². The predicted molar refractivity (Wildman–Crippen MR) is 127 cm³/mol. The van der Waals surface area contributed by atoms with E-state index in [1.807, 2.05) is 49.4 Å². The molecule has 0 aliphatic rings. The fourth-order valence-corrected chi connectivity index (χ4v) is 3.20. The van der Waals surface area contributed by atoms with Crippen LogP contribution in [0.1, 0.15) is 33.2 Å². The Morgan fingerprint density at radius 3 is 1.97 bits per heavy atom. The van der Waals surface area contributed by atoms with Crippen molar-refractivity contribution in [1.29, 1.82) is 0 Å². The summed E-state index contributed by atoms with van der Waals surface area (Å²) in [7, 11) is 0. The topological polar surface area (TPSA) is 102 Å². The molecule has 0 bridgehead atoms. The molecule has 0 unspecified atom stereocenters. The van der Waals surface area contributed by atoms with Crippen molar-refractivity contribution in [2.24, 2.45) is 0 Å². The summed E-state index contributed by atoms with van der Waals surface area (Å²) in [5.74, 6) is -1.98. The third-order valence-electron chi connectivity index (χ3n) is 5.01. The number of nitrogens with one attached hydrogen (secondary N) is 2. The van der Waals surface area contributed by atoms with E-state index in [0.717, 1.165) is 11.1 Å². The molecule has 0 saturated heterocycles. The standard InChI is InChI=1S/C27H26N2O5/c1-19-12-14-21(15-13-19)26(33)27(22-10-6-3-7-11-22)34-25(32)18-29-24(31)17-28-23(30)16-20-8-4-2-5-9-20/h2-15,27H,16-18H2,1H3,(H,28,30)(H,29,31)/t27-/m0/s1. The van der Waals surface area contributed by atoms with Crippen molar-refractivity contribution in [3.05, 3.63) is 107 Å². The third kappa shape index (κ3) is 7.41. The summed E-state index contributed by atoms with van der Waals surface area (Å²) in [5.41, 5.74) is 2.77. The second-order valence-corrected chi connectivity index (χ2v) is 7.73. The van der Waals surface area contributed by atoms with Crippen molar-refractivity contribution < 1.29 is 23.9 Å². The predicted octanol–water partition coefficient (Wildman–Crippen LogP) is 2.94. The molecule has 0 radical (unpaired) electrons. The van der Waals surface area contributed by atoms with Gasteiger partial charge in [0.15, 0.2) is 6.10 Å². The van der Waals surface area contributed by atoms with Gasteiger partial charge in [0.25, 0.3) is 0 Å². The summed E-state index contributed by atoms with van der Waals surface area (Å²) in [6.45, 7) is 1.21. The maximum absolute atomic E-state index is 13.0. The minimum Gasteiger partial charge on any atom is -0.448 e. The van der Waals surface area contributed by atoms with Crippen LogP contribution in [0.15, 0.2) is 84.9 Å². The van der Waals surface area contributed by atoms with Gasteiger partial charge in [0.1, 0.15) is 6.54 Å². The number of benzene rings is 3. The van der Waals surface area contributed by atoms with Gasteiger partial charge >= 0.3 is 5.97 Å². The number of esters is 1. The largest absolute Gasteiger partial charge is 0.448 e. The fourth-order valence-electron chi connectivity index (χ4n) is 3.20. The number of carbonyl (C=O) groups is 4. The van der Waals surface area contributed by atoms with Crippen LogP contribution in [-0.2, 0) is 25.5 Å². The van der Waals surface area contributed by atoms with E-state index in [2.05, 4.69) is 10.6 Å². The Hall–Kier alpha value is -4.26. The van der Waals surface area contributed by atoms with E-state index < -0.39 is 24.5 Å². The quantitative estimate of drug-likeness (QED) is 0.359. The Morgan fingerprint density at radius 2 is 1.32 bits per heavy atom. The molecule has 2 N–H and O–H groups in total. The molecule has 3 rings (SSSR count). The minimum absolute atomic E-state index is 0.149. The average Bonchev–Trinajstić information content (AvgIpc) is 2.86. The van der Waals surface area contributed by atoms with E-state index >= 15 is 0 Å². The number of carbonyl (C=O) groups excluding carboxylic acids is 4. The summed E-state index contributed by atoms with van der Waals surface area (Å²) in [5, 5.41) is 4.91. The van der Waals surface area contributed by atoms with Crippen LogP contribution in [0.5, 0.6) is 0 Å². The molecular formula is C27H26N2O5. The Labute approximate surface area is 198 Å². The Balaban J connectivity index is 1.53. The maximum atomic E-state index is 13.0. The lowest BCUT2D eigenvalue weighted by Crippen LogP contribution is -2.40. The number of rotatable bonds is 10. The zero-order chi connectivity index (χ0) is 24.3. The van der Waals surface area contributed by atoms with Gasteiger partial charge in [-0.15, -0.1) is 0 Å². The van der Waals surface area contributed by atoms with Crippen LogP contribution in [0.3, 0.4) is 0 Å². The van der Waals surface area contributed by atoms with Crippen LogP contribution in [0.2, 0.25) is 0 Å². The Bertz CT molecular complexity index is 1130. The Morgan fingerprint density at radius 1 is 0.735 bits per heavy atom. The molecular weight excluding hydrogens is 432 g/mol. The zero-order valence-electron chi connectivity index (χ0n) is 18.8. The molecule has 34 heavy (non-hydrogen) atoms. The van der Waals surface area contributed by atoms with Gasteiger partial charge in [-0.3, -0.25) is 19.2 Å². The lowest BCUT2D eigenvalue weighted by Gasteiger charge is -2.18. The number of Topliss-reactive ketones (excluding diaryl/α,β-unsaturated/α-hetero) is 1. The van der Waals surface area contributed by atoms with E-state index in [9.17, 15) is 19.2 Å². The summed E-state index contributed by atoms with van der Waals surface area (Å²) < 4.78 is 5.45. The minimum atomic E-state index is -1.14. The van der Waals surface area contributed by atoms with Crippen LogP contribution < -0.4 is 10.6 Å². The van der Waals surface area contributed by atoms with Gasteiger partial charge in [0.05, 0.1) is 13.0 Å². The first-order valence-corrected chi connectivity index (χ1v) is 10.8. The van der Waals surface area contributed by atoms with Crippen LogP contribution in [0.4, 0.5) is 0 Å². The zero-order valence-corrected chi connectivity index (χ0v) is 18.8. The van der Waals surface area contributed by atoms with Gasteiger partial charge in [-0.05, 0) is 12.5 Å². The lowest BCUT2D eigenvalue weighted by atomic mass is 9.99. The van der Waals surface area contributed by atoms with Crippen LogP contribution in [0.25, 0.3) is 0 Å². The van der Waals surface area contributed by atoms with E-state index in [1.165, 1.54) is 0 Å². The number of ether oxygens (including phenoxy) is 1. The van der Waals surface area contributed by atoms with Crippen molar-refractivity contribution in [3.8, 4) is 0 Å². The van der Waals surface area contributed by atoms with Crippen LogP contribution in [-0.4, -0.2) is 36.7 Å². The molecule has 2 amide bonds. The first kappa shape index (κ1) is 24.4.